The highest BCUT2D eigenvalue weighted by Crippen LogP contribution is 2.18. The average molecular weight is 335 g/mol. The molecule has 0 spiro atoms. The van der Waals surface area contributed by atoms with E-state index in [0.29, 0.717) is 17.9 Å². The molecule has 0 aliphatic heterocycles. The van der Waals surface area contributed by atoms with Gasteiger partial charge in [0.1, 0.15) is 11.5 Å². The predicted octanol–water partition coefficient (Wildman–Crippen LogP) is 4.11. The largest absolute Gasteiger partial charge is 0.494 e. The van der Waals surface area contributed by atoms with Crippen LogP contribution < -0.4 is 9.47 Å². The van der Waals surface area contributed by atoms with Crippen molar-refractivity contribution in [1.82, 2.24) is 0 Å². The Morgan fingerprint density at radius 1 is 1.05 bits per heavy atom. The predicted molar refractivity (Wildman–Crippen MR) is 81.6 cm³/mol. The van der Waals surface area contributed by atoms with Crippen LogP contribution in [-0.2, 0) is 0 Å². The molecule has 20 heavy (non-hydrogen) atoms. The molecule has 3 nitrogen and oxygen atoms in total. The van der Waals surface area contributed by atoms with Gasteiger partial charge in [0.15, 0.2) is 12.4 Å². The van der Waals surface area contributed by atoms with Gasteiger partial charge in [-0.1, -0.05) is 28.1 Å². The number of Topliss-reactive ketones (excluding diaryl/α,β-unsaturated/α-hetero) is 1. The van der Waals surface area contributed by atoms with Crippen LogP contribution in [0.2, 0.25) is 0 Å². The summed E-state index contributed by atoms with van der Waals surface area (Å²) in [5.41, 5.74) is 0.630. The van der Waals surface area contributed by atoms with E-state index in [4.69, 9.17) is 9.47 Å². The van der Waals surface area contributed by atoms with Gasteiger partial charge in [-0.15, -0.1) is 0 Å². The zero-order chi connectivity index (χ0) is 14.4. The summed E-state index contributed by atoms with van der Waals surface area (Å²) in [6.07, 6.45) is 0. The summed E-state index contributed by atoms with van der Waals surface area (Å²) in [6, 6.07) is 14.5. The highest BCUT2D eigenvalue weighted by molar-refractivity contribution is 9.10. The number of rotatable bonds is 6. The third-order valence-electron chi connectivity index (χ3n) is 2.65. The molecule has 2 rings (SSSR count). The fraction of sp³-hybridized carbons (Fsp3) is 0.188. The molecule has 0 aliphatic rings. The minimum atomic E-state index is -0.0554. The molecule has 0 aromatic heterocycles. The highest BCUT2D eigenvalue weighted by atomic mass is 79.9. The molecule has 4 heteroatoms. The van der Waals surface area contributed by atoms with Gasteiger partial charge in [0.05, 0.1) is 6.61 Å². The van der Waals surface area contributed by atoms with E-state index in [1.54, 1.807) is 24.3 Å². The lowest BCUT2D eigenvalue weighted by molar-refractivity contribution is 0.0921. The van der Waals surface area contributed by atoms with Crippen LogP contribution in [-0.4, -0.2) is 19.0 Å². The first kappa shape index (κ1) is 14.6. The molecule has 0 atom stereocenters. The summed E-state index contributed by atoms with van der Waals surface area (Å²) in [6.45, 7) is 2.58. The smallest absolute Gasteiger partial charge is 0.200 e. The van der Waals surface area contributed by atoms with E-state index >= 15 is 0 Å². The molecule has 2 aromatic carbocycles. The molecule has 0 heterocycles. The number of carbonyl (C=O) groups excluding carboxylic acids is 1. The highest BCUT2D eigenvalue weighted by Gasteiger charge is 2.07. The van der Waals surface area contributed by atoms with Gasteiger partial charge in [0.25, 0.3) is 0 Å². The fourth-order valence-electron chi connectivity index (χ4n) is 1.69. The summed E-state index contributed by atoms with van der Waals surface area (Å²) in [5, 5.41) is 0. The maximum atomic E-state index is 12.0. The van der Waals surface area contributed by atoms with E-state index < -0.39 is 0 Å². The van der Waals surface area contributed by atoms with Gasteiger partial charge in [0, 0.05) is 10.0 Å². The third kappa shape index (κ3) is 4.10. The molecule has 104 valence electrons. The molecule has 0 radical (unpaired) electrons. The fourth-order valence-corrected chi connectivity index (χ4v) is 2.09. The van der Waals surface area contributed by atoms with Gasteiger partial charge in [-0.25, -0.2) is 0 Å². The van der Waals surface area contributed by atoms with E-state index in [1.807, 2.05) is 31.2 Å². The Bertz CT molecular complexity index is 579. The summed E-state index contributed by atoms with van der Waals surface area (Å²) in [4.78, 5) is 12.0. The monoisotopic (exact) mass is 334 g/mol. The Balaban J connectivity index is 1.93. The van der Waals surface area contributed by atoms with Crippen LogP contribution in [0.4, 0.5) is 0 Å². The Kier molecular flexibility index (Phi) is 5.18. The maximum Gasteiger partial charge on any atom is 0.200 e. The maximum absolute atomic E-state index is 12.0. The first-order valence-corrected chi connectivity index (χ1v) is 7.13. The number of ether oxygens (including phenoxy) is 2. The number of halogens is 1. The normalized spacial score (nSPS) is 10.1. The van der Waals surface area contributed by atoms with E-state index in [9.17, 15) is 4.79 Å². The van der Waals surface area contributed by atoms with Crippen LogP contribution in [0.25, 0.3) is 0 Å². The van der Waals surface area contributed by atoms with Crippen molar-refractivity contribution in [3.05, 3.63) is 58.6 Å². The van der Waals surface area contributed by atoms with Crippen molar-refractivity contribution in [2.75, 3.05) is 13.2 Å². The van der Waals surface area contributed by atoms with Crippen molar-refractivity contribution in [1.29, 1.82) is 0 Å². The van der Waals surface area contributed by atoms with E-state index in [2.05, 4.69) is 15.9 Å². The van der Waals surface area contributed by atoms with Gasteiger partial charge < -0.3 is 9.47 Å². The van der Waals surface area contributed by atoms with E-state index in [-0.39, 0.29) is 12.4 Å². The first-order valence-electron chi connectivity index (χ1n) is 6.33. The number of carbonyl (C=O) groups is 1. The number of hydrogen-bond acceptors (Lipinski definition) is 3. The first-order chi connectivity index (χ1) is 9.69. The molecule has 0 amide bonds. The Hall–Kier alpha value is -1.81. The van der Waals surface area contributed by atoms with Gasteiger partial charge in [-0.2, -0.15) is 0 Å². The molecule has 0 saturated heterocycles. The van der Waals surface area contributed by atoms with Gasteiger partial charge in [-0.3, -0.25) is 4.79 Å². The molecule has 0 fully saturated rings. The quantitative estimate of drug-likeness (QED) is 0.746. The van der Waals surface area contributed by atoms with E-state index in [1.165, 1.54) is 0 Å². The zero-order valence-electron chi connectivity index (χ0n) is 11.1. The second kappa shape index (κ2) is 7.10. The van der Waals surface area contributed by atoms with Crippen LogP contribution in [0.1, 0.15) is 17.3 Å². The molecular weight excluding hydrogens is 320 g/mol. The lowest BCUT2D eigenvalue weighted by atomic mass is 10.1. The average Bonchev–Trinajstić information content (AvgIpc) is 2.46. The molecule has 0 N–H and O–H groups in total. The summed E-state index contributed by atoms with van der Waals surface area (Å²) in [7, 11) is 0. The van der Waals surface area contributed by atoms with Crippen LogP contribution in [0.15, 0.2) is 53.0 Å². The van der Waals surface area contributed by atoms with Crippen molar-refractivity contribution in [3.63, 3.8) is 0 Å². The van der Waals surface area contributed by atoms with Crippen LogP contribution >= 0.6 is 15.9 Å². The summed E-state index contributed by atoms with van der Waals surface area (Å²) < 4.78 is 11.7. The van der Waals surface area contributed by atoms with Gasteiger partial charge in [0.2, 0.25) is 0 Å². The molecule has 0 saturated carbocycles. The Morgan fingerprint density at radius 2 is 1.70 bits per heavy atom. The number of benzene rings is 2. The topological polar surface area (TPSA) is 35.5 Å². The van der Waals surface area contributed by atoms with Crippen molar-refractivity contribution in [3.8, 4) is 11.5 Å². The van der Waals surface area contributed by atoms with Crippen molar-refractivity contribution in [2.45, 2.75) is 6.92 Å². The zero-order valence-corrected chi connectivity index (χ0v) is 12.7. The second-order valence-corrected chi connectivity index (χ2v) is 5.04. The molecule has 0 unspecified atom stereocenters. The standard InChI is InChI=1S/C16H15BrO3/c1-2-19-14-6-8-15(9-7-14)20-11-16(18)12-4-3-5-13(17)10-12/h3-10H,2,11H2,1H3. The summed E-state index contributed by atoms with van der Waals surface area (Å²) >= 11 is 3.34. The molecule has 0 bridgehead atoms. The Morgan fingerprint density at radius 3 is 2.30 bits per heavy atom. The van der Waals surface area contributed by atoms with Crippen LogP contribution in [0, 0.1) is 0 Å². The van der Waals surface area contributed by atoms with Crippen molar-refractivity contribution in [2.24, 2.45) is 0 Å². The Labute approximate surface area is 126 Å². The van der Waals surface area contributed by atoms with Crippen molar-refractivity contribution < 1.29 is 14.3 Å². The molecule has 0 aliphatic carbocycles. The molecule has 2 aromatic rings. The summed E-state index contributed by atoms with van der Waals surface area (Å²) in [5.74, 6) is 1.38. The van der Waals surface area contributed by atoms with E-state index in [0.717, 1.165) is 10.2 Å². The van der Waals surface area contributed by atoms with Crippen LogP contribution in [0.3, 0.4) is 0 Å². The minimum absolute atomic E-state index is 0.0183. The molecular formula is C16H15BrO3. The lowest BCUT2D eigenvalue weighted by Crippen LogP contribution is -2.11. The van der Waals surface area contributed by atoms with Gasteiger partial charge >= 0.3 is 0 Å². The number of ketones is 1. The minimum Gasteiger partial charge on any atom is -0.494 e. The van der Waals surface area contributed by atoms with Crippen LogP contribution in [0.5, 0.6) is 11.5 Å². The van der Waals surface area contributed by atoms with Crippen molar-refractivity contribution >= 4 is 21.7 Å². The second-order valence-electron chi connectivity index (χ2n) is 4.13. The third-order valence-corrected chi connectivity index (χ3v) is 3.14. The SMILES string of the molecule is CCOc1ccc(OCC(=O)c2cccc(Br)c2)cc1. The lowest BCUT2D eigenvalue weighted by Gasteiger charge is -2.07. The van der Waals surface area contributed by atoms with Gasteiger partial charge in [-0.05, 0) is 43.3 Å². The number of hydrogen-bond donors (Lipinski definition) is 0.